The standard InChI is InChI=1S/C29H32N2O5/c1-29(2,3)21-14-17(11-12-23(21)35-4)26(32)24-25(20-15-30-22-10-6-5-9-19(20)22)31(28(34)27(24)33)16-18-8-7-13-36-18/h5-6,9-12,14-15,18,25,30,32H,7-8,13,16H2,1-4H3/b26-24+. The smallest absolute Gasteiger partial charge is 0.295 e. The number of nitrogens with zero attached hydrogens (tertiary/aromatic N) is 1. The number of rotatable bonds is 5. The highest BCUT2D eigenvalue weighted by molar-refractivity contribution is 6.46. The van der Waals surface area contributed by atoms with Crippen molar-refractivity contribution in [2.24, 2.45) is 0 Å². The third-order valence-corrected chi connectivity index (χ3v) is 7.16. The van der Waals surface area contributed by atoms with Gasteiger partial charge in [-0.15, -0.1) is 0 Å². The van der Waals surface area contributed by atoms with Crippen molar-refractivity contribution < 1.29 is 24.2 Å². The summed E-state index contributed by atoms with van der Waals surface area (Å²) in [6.07, 6.45) is 3.44. The Bertz CT molecular complexity index is 1360. The Morgan fingerprint density at radius 1 is 1.19 bits per heavy atom. The number of benzene rings is 2. The summed E-state index contributed by atoms with van der Waals surface area (Å²) in [5.74, 6) is -0.793. The summed E-state index contributed by atoms with van der Waals surface area (Å²) in [7, 11) is 1.61. The van der Waals surface area contributed by atoms with Gasteiger partial charge in [-0.2, -0.15) is 0 Å². The number of carbonyl (C=O) groups excluding carboxylic acids is 2. The van der Waals surface area contributed by atoms with Crippen molar-refractivity contribution in [3.63, 3.8) is 0 Å². The van der Waals surface area contributed by atoms with Gasteiger partial charge < -0.3 is 24.5 Å². The van der Waals surface area contributed by atoms with Gasteiger partial charge in [-0.05, 0) is 42.5 Å². The molecule has 2 N–H and O–H groups in total. The monoisotopic (exact) mass is 488 g/mol. The fourth-order valence-electron chi connectivity index (χ4n) is 5.32. The number of para-hydroxylation sites is 1. The minimum atomic E-state index is -0.731. The highest BCUT2D eigenvalue weighted by atomic mass is 16.5. The molecule has 2 aliphatic heterocycles. The molecule has 1 amide bonds. The van der Waals surface area contributed by atoms with Gasteiger partial charge in [0.15, 0.2) is 0 Å². The van der Waals surface area contributed by atoms with Crippen LogP contribution in [-0.4, -0.2) is 53.0 Å². The molecule has 2 unspecified atom stereocenters. The number of amides is 1. The zero-order valence-corrected chi connectivity index (χ0v) is 21.1. The van der Waals surface area contributed by atoms with E-state index in [0.717, 1.165) is 34.9 Å². The average Bonchev–Trinajstić information content (AvgIpc) is 3.58. The molecule has 3 heterocycles. The fraction of sp³-hybridized carbons (Fsp3) is 0.379. The summed E-state index contributed by atoms with van der Waals surface area (Å²) >= 11 is 0. The predicted molar refractivity (Wildman–Crippen MR) is 138 cm³/mol. The molecule has 7 nitrogen and oxygen atoms in total. The van der Waals surface area contributed by atoms with Crippen LogP contribution in [0.1, 0.15) is 56.3 Å². The number of Topliss-reactive ketones (excluding diaryl/α,β-unsaturated/α-hetero) is 1. The number of nitrogens with one attached hydrogen (secondary N) is 1. The third kappa shape index (κ3) is 4.07. The van der Waals surface area contributed by atoms with Gasteiger partial charge in [0.05, 0.1) is 24.8 Å². The summed E-state index contributed by atoms with van der Waals surface area (Å²) in [6.45, 7) is 7.11. The van der Waals surface area contributed by atoms with E-state index in [4.69, 9.17) is 9.47 Å². The summed E-state index contributed by atoms with van der Waals surface area (Å²) in [4.78, 5) is 31.6. The molecular formula is C29H32N2O5. The van der Waals surface area contributed by atoms with E-state index >= 15 is 0 Å². The van der Waals surface area contributed by atoms with Gasteiger partial charge in [-0.3, -0.25) is 9.59 Å². The van der Waals surface area contributed by atoms with Crippen LogP contribution in [-0.2, 0) is 19.7 Å². The minimum absolute atomic E-state index is 0.0905. The molecule has 2 atom stereocenters. The molecule has 2 aliphatic rings. The van der Waals surface area contributed by atoms with E-state index in [1.807, 2.05) is 36.5 Å². The number of ether oxygens (including phenoxy) is 2. The van der Waals surface area contributed by atoms with Crippen LogP contribution < -0.4 is 4.74 Å². The van der Waals surface area contributed by atoms with E-state index in [0.29, 0.717) is 24.5 Å². The van der Waals surface area contributed by atoms with Crippen molar-refractivity contribution in [1.29, 1.82) is 0 Å². The van der Waals surface area contributed by atoms with Gasteiger partial charge in [0, 0.05) is 46.9 Å². The molecule has 5 rings (SSSR count). The number of aliphatic hydroxyl groups excluding tert-OH is 1. The van der Waals surface area contributed by atoms with Crippen molar-refractivity contribution in [3.8, 4) is 5.75 Å². The Balaban J connectivity index is 1.69. The Morgan fingerprint density at radius 2 is 1.97 bits per heavy atom. The van der Waals surface area contributed by atoms with Gasteiger partial charge in [-0.1, -0.05) is 39.0 Å². The number of hydrogen-bond donors (Lipinski definition) is 2. The van der Waals surface area contributed by atoms with Crippen LogP contribution in [0.2, 0.25) is 0 Å². The van der Waals surface area contributed by atoms with E-state index in [1.165, 1.54) is 0 Å². The maximum atomic E-state index is 13.5. The largest absolute Gasteiger partial charge is 0.507 e. The van der Waals surface area contributed by atoms with Crippen LogP contribution in [0.5, 0.6) is 5.75 Å². The van der Waals surface area contributed by atoms with Crippen molar-refractivity contribution >= 4 is 28.4 Å². The van der Waals surface area contributed by atoms with E-state index in [2.05, 4.69) is 25.8 Å². The lowest BCUT2D eigenvalue weighted by Crippen LogP contribution is -2.36. The van der Waals surface area contributed by atoms with Crippen LogP contribution in [0.25, 0.3) is 16.7 Å². The van der Waals surface area contributed by atoms with Gasteiger partial charge >= 0.3 is 0 Å². The summed E-state index contributed by atoms with van der Waals surface area (Å²) in [5, 5.41) is 12.5. The molecule has 188 valence electrons. The van der Waals surface area contributed by atoms with E-state index in [9.17, 15) is 14.7 Å². The van der Waals surface area contributed by atoms with Crippen LogP contribution in [0.3, 0.4) is 0 Å². The second-order valence-electron chi connectivity index (χ2n) is 10.5. The lowest BCUT2D eigenvalue weighted by molar-refractivity contribution is -0.140. The number of aromatic amines is 1. The summed E-state index contributed by atoms with van der Waals surface area (Å²) < 4.78 is 11.4. The highest BCUT2D eigenvalue weighted by Gasteiger charge is 2.47. The van der Waals surface area contributed by atoms with Crippen molar-refractivity contribution in [2.45, 2.75) is 51.2 Å². The van der Waals surface area contributed by atoms with Crippen LogP contribution in [0.4, 0.5) is 0 Å². The number of aromatic nitrogens is 1. The number of methoxy groups -OCH3 is 1. The van der Waals surface area contributed by atoms with Gasteiger partial charge in [-0.25, -0.2) is 0 Å². The minimum Gasteiger partial charge on any atom is -0.507 e. The van der Waals surface area contributed by atoms with Gasteiger partial charge in [0.1, 0.15) is 11.5 Å². The van der Waals surface area contributed by atoms with Crippen molar-refractivity contribution in [3.05, 3.63) is 70.9 Å². The molecule has 36 heavy (non-hydrogen) atoms. The molecule has 2 fully saturated rings. The van der Waals surface area contributed by atoms with E-state index in [1.54, 1.807) is 24.1 Å². The first-order valence-corrected chi connectivity index (χ1v) is 12.4. The molecule has 0 aliphatic carbocycles. The number of H-pyrrole nitrogens is 1. The molecule has 7 heteroatoms. The molecular weight excluding hydrogens is 456 g/mol. The molecule has 0 saturated carbocycles. The normalized spacial score (nSPS) is 22.1. The predicted octanol–water partition coefficient (Wildman–Crippen LogP) is 5.07. The second-order valence-corrected chi connectivity index (χ2v) is 10.5. The zero-order valence-electron chi connectivity index (χ0n) is 21.1. The Kier molecular flexibility index (Phi) is 6.12. The van der Waals surface area contributed by atoms with Crippen LogP contribution in [0.15, 0.2) is 54.2 Å². The number of ketones is 1. The molecule has 3 aromatic rings. The van der Waals surface area contributed by atoms with Crippen LogP contribution >= 0.6 is 0 Å². The first-order chi connectivity index (χ1) is 17.2. The first-order valence-electron chi connectivity index (χ1n) is 12.4. The Morgan fingerprint density at radius 3 is 2.67 bits per heavy atom. The van der Waals surface area contributed by atoms with Crippen molar-refractivity contribution in [2.75, 3.05) is 20.3 Å². The quantitative estimate of drug-likeness (QED) is 0.297. The lowest BCUT2D eigenvalue weighted by atomic mass is 9.84. The maximum Gasteiger partial charge on any atom is 0.295 e. The highest BCUT2D eigenvalue weighted by Crippen LogP contribution is 2.43. The van der Waals surface area contributed by atoms with E-state index in [-0.39, 0.29) is 22.9 Å². The topological polar surface area (TPSA) is 91.9 Å². The maximum absolute atomic E-state index is 13.5. The molecule has 0 radical (unpaired) electrons. The van der Waals surface area contributed by atoms with Gasteiger partial charge in [0.2, 0.25) is 0 Å². The molecule has 2 saturated heterocycles. The molecule has 1 aromatic heterocycles. The van der Waals surface area contributed by atoms with Crippen LogP contribution in [0, 0.1) is 0 Å². The van der Waals surface area contributed by atoms with Crippen molar-refractivity contribution in [1.82, 2.24) is 9.88 Å². The Hall–Kier alpha value is -3.58. The average molecular weight is 489 g/mol. The third-order valence-electron chi connectivity index (χ3n) is 7.16. The number of likely N-dealkylation sites (tertiary alicyclic amines) is 1. The SMILES string of the molecule is COc1ccc(/C(O)=C2\C(=O)C(=O)N(CC3CCCO3)C2c2c[nH]c3ccccc23)cc1C(C)(C)C. The number of fused-ring (bicyclic) bond motifs is 1. The summed E-state index contributed by atoms with van der Waals surface area (Å²) in [5.41, 5.74) is 2.87. The number of aliphatic hydroxyl groups is 1. The van der Waals surface area contributed by atoms with Gasteiger partial charge in [0.25, 0.3) is 11.7 Å². The number of hydrogen-bond acceptors (Lipinski definition) is 5. The number of carbonyl (C=O) groups is 2. The zero-order chi connectivity index (χ0) is 25.6. The lowest BCUT2D eigenvalue weighted by Gasteiger charge is -2.27. The fourth-order valence-corrected chi connectivity index (χ4v) is 5.32. The van der Waals surface area contributed by atoms with E-state index < -0.39 is 17.7 Å². The summed E-state index contributed by atoms with van der Waals surface area (Å²) in [6, 6.07) is 12.4. The Labute approximate surface area is 210 Å². The molecule has 0 bridgehead atoms. The molecule has 0 spiro atoms. The first kappa shape index (κ1) is 24.1. The molecule has 2 aromatic carbocycles. The second kappa shape index (κ2) is 9.13.